The van der Waals surface area contributed by atoms with E-state index in [1.54, 1.807) is 0 Å². The molecule has 0 saturated carbocycles. The molecule has 11 rings (SSSR count). The van der Waals surface area contributed by atoms with Crippen LogP contribution in [0, 0.1) is 0 Å². The normalized spacial score (nSPS) is 13.3. The highest BCUT2D eigenvalue weighted by Crippen LogP contribution is 2.63. The van der Waals surface area contributed by atoms with E-state index in [4.69, 9.17) is 15.0 Å². The Kier molecular flexibility index (Phi) is 5.88. The summed E-state index contributed by atoms with van der Waals surface area (Å²) < 4.78 is 0. The average Bonchev–Trinajstić information content (AvgIpc) is 3.67. The van der Waals surface area contributed by atoms with Crippen molar-refractivity contribution in [2.24, 2.45) is 0 Å². The maximum Gasteiger partial charge on any atom is 0.164 e. The molecule has 9 aromatic rings. The van der Waals surface area contributed by atoms with E-state index in [1.165, 1.54) is 44.5 Å². The predicted octanol–water partition coefficient (Wildman–Crippen LogP) is 11.5. The van der Waals surface area contributed by atoms with Crippen LogP contribution < -0.4 is 0 Å². The highest BCUT2D eigenvalue weighted by Gasteiger charge is 2.51. The van der Waals surface area contributed by atoms with Gasteiger partial charge in [0.2, 0.25) is 0 Å². The third kappa shape index (κ3) is 3.92. The van der Waals surface area contributed by atoms with Crippen molar-refractivity contribution in [3.8, 4) is 56.4 Å². The summed E-state index contributed by atoms with van der Waals surface area (Å²) in [4.78, 5) is 15.8. The lowest BCUT2D eigenvalue weighted by Crippen LogP contribution is -2.25. The van der Waals surface area contributed by atoms with E-state index in [9.17, 15) is 0 Å². The van der Waals surface area contributed by atoms with Gasteiger partial charge in [-0.2, -0.15) is 0 Å². The van der Waals surface area contributed by atoms with Crippen molar-refractivity contribution in [1.82, 2.24) is 15.0 Å². The van der Waals surface area contributed by atoms with Gasteiger partial charge < -0.3 is 0 Å². The van der Waals surface area contributed by atoms with Crippen LogP contribution in [0.1, 0.15) is 22.3 Å². The Morgan fingerprint density at radius 3 is 1.22 bits per heavy atom. The molecule has 0 radical (unpaired) electrons. The molecule has 2 aliphatic carbocycles. The zero-order valence-electron chi connectivity index (χ0n) is 27.6. The average molecular weight is 648 g/mol. The standard InChI is InChI=1S/C48H29N3/c1-3-17-33-30(13-1)15-11-22-39(33)46-49-45(50-47(51-46)40-23-12-16-31-14-2-4-18-34(31)40)32-27-28-38-37-21-7-10-26-43(37)48(44(38)29-32)41-24-8-5-19-35(41)36-20-6-9-25-42(36)48/h1-29H. The summed E-state index contributed by atoms with van der Waals surface area (Å²) in [5.74, 6) is 1.98. The van der Waals surface area contributed by atoms with Gasteiger partial charge in [-0.3, -0.25) is 0 Å². The van der Waals surface area contributed by atoms with E-state index in [1.807, 2.05) is 0 Å². The Balaban J connectivity index is 1.20. The van der Waals surface area contributed by atoms with Gasteiger partial charge in [0.1, 0.15) is 0 Å². The monoisotopic (exact) mass is 647 g/mol. The molecular formula is C48H29N3. The first-order valence-corrected chi connectivity index (χ1v) is 17.5. The van der Waals surface area contributed by atoms with Crippen molar-refractivity contribution in [2.75, 3.05) is 0 Å². The lowest BCUT2D eigenvalue weighted by molar-refractivity contribution is 0.794. The van der Waals surface area contributed by atoms with Crippen LogP contribution in [0.2, 0.25) is 0 Å². The van der Waals surface area contributed by atoms with E-state index < -0.39 is 5.41 Å². The molecule has 0 amide bonds. The second kappa shape index (κ2) is 10.6. The van der Waals surface area contributed by atoms with Gasteiger partial charge in [-0.05, 0) is 72.1 Å². The molecule has 1 spiro atoms. The Morgan fingerprint density at radius 2 is 0.686 bits per heavy atom. The van der Waals surface area contributed by atoms with Gasteiger partial charge in [0.05, 0.1) is 5.41 Å². The molecule has 236 valence electrons. The molecule has 0 saturated heterocycles. The minimum Gasteiger partial charge on any atom is -0.208 e. The van der Waals surface area contributed by atoms with Crippen LogP contribution in [0.4, 0.5) is 0 Å². The van der Waals surface area contributed by atoms with Crippen molar-refractivity contribution >= 4 is 21.5 Å². The third-order valence-corrected chi connectivity index (χ3v) is 11.0. The quantitative estimate of drug-likeness (QED) is 0.192. The Bertz CT molecular complexity index is 2710. The highest BCUT2D eigenvalue weighted by molar-refractivity contribution is 5.99. The largest absolute Gasteiger partial charge is 0.208 e. The van der Waals surface area contributed by atoms with Crippen LogP contribution in [0.5, 0.6) is 0 Å². The Morgan fingerprint density at radius 1 is 0.294 bits per heavy atom. The molecule has 1 heterocycles. The zero-order valence-corrected chi connectivity index (χ0v) is 27.6. The fourth-order valence-electron chi connectivity index (χ4n) is 8.82. The first kappa shape index (κ1) is 28.2. The van der Waals surface area contributed by atoms with Crippen molar-refractivity contribution in [2.45, 2.75) is 5.41 Å². The second-order valence-electron chi connectivity index (χ2n) is 13.5. The van der Waals surface area contributed by atoms with Crippen molar-refractivity contribution in [1.29, 1.82) is 0 Å². The summed E-state index contributed by atoms with van der Waals surface area (Å²) >= 11 is 0. The number of benzene rings is 8. The van der Waals surface area contributed by atoms with E-state index in [-0.39, 0.29) is 0 Å². The number of hydrogen-bond acceptors (Lipinski definition) is 3. The minimum absolute atomic E-state index is 0.445. The molecule has 51 heavy (non-hydrogen) atoms. The molecule has 0 bridgehead atoms. The molecule has 3 nitrogen and oxygen atoms in total. The van der Waals surface area contributed by atoms with Gasteiger partial charge in [-0.25, -0.2) is 15.0 Å². The van der Waals surface area contributed by atoms with E-state index in [0.717, 1.165) is 38.2 Å². The van der Waals surface area contributed by atoms with Gasteiger partial charge >= 0.3 is 0 Å². The summed E-state index contributed by atoms with van der Waals surface area (Å²) in [5, 5.41) is 4.53. The van der Waals surface area contributed by atoms with Crippen LogP contribution in [0.15, 0.2) is 176 Å². The van der Waals surface area contributed by atoms with Crippen LogP contribution in [-0.4, -0.2) is 15.0 Å². The van der Waals surface area contributed by atoms with Crippen molar-refractivity contribution in [3.63, 3.8) is 0 Å². The summed E-state index contributed by atoms with van der Waals surface area (Å²) in [7, 11) is 0. The SMILES string of the molecule is c1ccc2c(c1)-c1ccccc1C21c2ccccc2-c2ccc(-c3nc(-c4cccc5ccccc45)nc(-c4cccc5ccccc45)n3)cc21. The van der Waals surface area contributed by atoms with Gasteiger partial charge in [0.25, 0.3) is 0 Å². The van der Waals surface area contributed by atoms with E-state index >= 15 is 0 Å². The number of hydrogen-bond donors (Lipinski definition) is 0. The van der Waals surface area contributed by atoms with Crippen molar-refractivity contribution in [3.05, 3.63) is 198 Å². The van der Waals surface area contributed by atoms with Crippen LogP contribution in [-0.2, 0) is 5.41 Å². The number of rotatable bonds is 3. The molecule has 0 atom stereocenters. The molecule has 0 unspecified atom stereocenters. The van der Waals surface area contributed by atoms with Crippen LogP contribution >= 0.6 is 0 Å². The van der Waals surface area contributed by atoms with Gasteiger partial charge in [-0.1, -0.05) is 170 Å². The van der Waals surface area contributed by atoms with Gasteiger partial charge in [0.15, 0.2) is 17.5 Å². The molecule has 0 N–H and O–H groups in total. The summed E-state index contributed by atoms with van der Waals surface area (Å²) in [5.41, 5.74) is 12.8. The summed E-state index contributed by atoms with van der Waals surface area (Å²) in [6, 6.07) is 63.1. The summed E-state index contributed by atoms with van der Waals surface area (Å²) in [6.45, 7) is 0. The highest BCUT2D eigenvalue weighted by atomic mass is 15.0. The van der Waals surface area contributed by atoms with Gasteiger partial charge in [-0.15, -0.1) is 0 Å². The zero-order chi connectivity index (χ0) is 33.5. The molecule has 2 aliphatic rings. The third-order valence-electron chi connectivity index (χ3n) is 11.0. The maximum absolute atomic E-state index is 5.29. The molecule has 1 aromatic heterocycles. The van der Waals surface area contributed by atoms with E-state index in [2.05, 4.69) is 176 Å². The second-order valence-corrected chi connectivity index (χ2v) is 13.5. The lowest BCUT2D eigenvalue weighted by atomic mass is 9.70. The summed E-state index contributed by atoms with van der Waals surface area (Å²) in [6.07, 6.45) is 0. The number of aromatic nitrogens is 3. The van der Waals surface area contributed by atoms with Crippen LogP contribution in [0.3, 0.4) is 0 Å². The fraction of sp³-hybridized carbons (Fsp3) is 0.0208. The topological polar surface area (TPSA) is 38.7 Å². The van der Waals surface area contributed by atoms with Crippen LogP contribution in [0.25, 0.3) is 78.0 Å². The Hall–Kier alpha value is -6.71. The number of nitrogens with zero attached hydrogens (tertiary/aromatic N) is 3. The molecule has 8 aromatic carbocycles. The van der Waals surface area contributed by atoms with E-state index in [0.29, 0.717) is 17.5 Å². The molecule has 0 aliphatic heterocycles. The number of fused-ring (bicyclic) bond motifs is 12. The smallest absolute Gasteiger partial charge is 0.164 e. The molecule has 0 fully saturated rings. The maximum atomic E-state index is 5.29. The first-order valence-electron chi connectivity index (χ1n) is 17.5. The first-order chi connectivity index (χ1) is 25.3. The molecule has 3 heteroatoms. The van der Waals surface area contributed by atoms with Crippen molar-refractivity contribution < 1.29 is 0 Å². The fourth-order valence-corrected chi connectivity index (χ4v) is 8.82. The predicted molar refractivity (Wildman–Crippen MR) is 207 cm³/mol. The minimum atomic E-state index is -0.445. The Labute approximate surface area is 295 Å². The molecular weight excluding hydrogens is 619 g/mol. The van der Waals surface area contributed by atoms with Gasteiger partial charge in [0, 0.05) is 16.7 Å². The lowest BCUT2D eigenvalue weighted by Gasteiger charge is -2.30.